The van der Waals surface area contributed by atoms with Crippen molar-refractivity contribution in [2.45, 2.75) is 12.5 Å². The number of rotatable bonds is 9. The van der Waals surface area contributed by atoms with Crippen molar-refractivity contribution < 1.29 is 43.5 Å². The zero-order chi connectivity index (χ0) is 24.5. The number of benzene rings is 2. The van der Waals surface area contributed by atoms with Crippen molar-refractivity contribution in [2.75, 3.05) is 28.4 Å². The summed E-state index contributed by atoms with van der Waals surface area (Å²) < 4.78 is 26.1. The van der Waals surface area contributed by atoms with Crippen LogP contribution in [0.25, 0.3) is 6.08 Å². The smallest absolute Gasteiger partial charge is 0.349 e. The highest BCUT2D eigenvalue weighted by molar-refractivity contribution is 5.98. The molecule has 0 fully saturated rings. The predicted octanol–water partition coefficient (Wildman–Crippen LogP) is 2.88. The maximum atomic E-state index is 12.8. The average Bonchev–Trinajstić information content (AvgIpc) is 2.82. The molecule has 2 aromatic rings. The number of phenols is 2. The molecule has 10 nitrogen and oxygen atoms in total. The quantitative estimate of drug-likeness (QED) is 0.249. The lowest BCUT2D eigenvalue weighted by atomic mass is 10.0. The Morgan fingerprint density at radius 2 is 1.64 bits per heavy atom. The van der Waals surface area contributed by atoms with Crippen LogP contribution in [0.4, 0.5) is 0 Å². The largest absolute Gasteiger partial charge is 0.504 e. The molecule has 0 aliphatic heterocycles. The first-order valence-corrected chi connectivity index (χ1v) is 9.49. The van der Waals surface area contributed by atoms with Crippen molar-refractivity contribution >= 4 is 18.0 Å². The third-order valence-corrected chi connectivity index (χ3v) is 4.54. The van der Waals surface area contributed by atoms with E-state index in [4.69, 9.17) is 23.7 Å². The van der Waals surface area contributed by atoms with Crippen LogP contribution in [0.1, 0.15) is 23.7 Å². The lowest BCUT2D eigenvalue weighted by molar-refractivity contribution is -0.151. The van der Waals surface area contributed by atoms with Gasteiger partial charge in [-0.15, -0.1) is 0 Å². The molecule has 0 saturated heterocycles. The summed E-state index contributed by atoms with van der Waals surface area (Å²) in [6.07, 6.45) is -0.325. The summed E-state index contributed by atoms with van der Waals surface area (Å²) >= 11 is 0. The van der Waals surface area contributed by atoms with Gasteiger partial charge < -0.3 is 33.9 Å². The van der Waals surface area contributed by atoms with Crippen LogP contribution in [-0.4, -0.2) is 50.6 Å². The van der Waals surface area contributed by atoms with Crippen LogP contribution in [0, 0.1) is 11.3 Å². The molecule has 2 rings (SSSR count). The fourth-order valence-corrected chi connectivity index (χ4v) is 2.88. The Bertz CT molecular complexity index is 1080. The number of ether oxygens (including phenoxy) is 5. The minimum absolute atomic E-state index is 0.272. The molecule has 174 valence electrons. The molecule has 10 heteroatoms. The fraction of sp³-hybridized carbons (Fsp3) is 0.261. The van der Waals surface area contributed by atoms with Gasteiger partial charge in [0.25, 0.3) is 0 Å². The zero-order valence-electron chi connectivity index (χ0n) is 18.4. The molecular weight excluding hydrogens is 434 g/mol. The summed E-state index contributed by atoms with van der Waals surface area (Å²) in [5.41, 5.74) is 0.210. The van der Waals surface area contributed by atoms with Gasteiger partial charge in [0.15, 0.2) is 23.0 Å². The number of nitriles is 1. The van der Waals surface area contributed by atoms with Crippen molar-refractivity contribution in [3.63, 3.8) is 0 Å². The van der Waals surface area contributed by atoms with E-state index in [9.17, 15) is 25.1 Å². The number of hydrogen-bond donors (Lipinski definition) is 2. The first-order chi connectivity index (χ1) is 15.8. The lowest BCUT2D eigenvalue weighted by Gasteiger charge is -2.20. The highest BCUT2D eigenvalue weighted by Crippen LogP contribution is 2.41. The minimum atomic E-state index is -1.15. The van der Waals surface area contributed by atoms with E-state index in [1.807, 2.05) is 0 Å². The SMILES string of the molecule is COC(=O)CC(OC(=O)/C(C#N)=C/c1ccc(O)c(O)c1)c1cc(OC)c(OC)c(OC)c1. The first-order valence-electron chi connectivity index (χ1n) is 9.49. The van der Waals surface area contributed by atoms with Gasteiger partial charge in [0.1, 0.15) is 17.7 Å². The van der Waals surface area contributed by atoms with Crippen LogP contribution in [-0.2, 0) is 19.1 Å². The monoisotopic (exact) mass is 457 g/mol. The number of phenolic OH excluding ortho intramolecular Hbond substituents is 2. The Labute approximate surface area is 190 Å². The van der Waals surface area contributed by atoms with E-state index in [0.717, 1.165) is 0 Å². The van der Waals surface area contributed by atoms with Gasteiger partial charge in [-0.25, -0.2) is 4.79 Å². The normalized spacial score (nSPS) is 11.7. The second kappa shape index (κ2) is 11.3. The van der Waals surface area contributed by atoms with Crippen LogP contribution in [0.15, 0.2) is 35.9 Å². The molecule has 2 N–H and O–H groups in total. The van der Waals surface area contributed by atoms with Crippen LogP contribution in [0.2, 0.25) is 0 Å². The number of carbonyl (C=O) groups excluding carboxylic acids is 2. The standard InChI is InChI=1S/C23H23NO9/c1-29-19-9-14(10-20(30-2)22(19)32-4)18(11-21(27)31-3)33-23(28)15(12-24)7-13-5-6-16(25)17(26)8-13/h5-10,18,25-26H,11H2,1-4H3/b15-7+. The Balaban J connectivity index is 2.45. The van der Waals surface area contributed by atoms with Crippen molar-refractivity contribution in [1.82, 2.24) is 0 Å². The number of methoxy groups -OCH3 is 4. The van der Waals surface area contributed by atoms with Gasteiger partial charge >= 0.3 is 11.9 Å². The van der Waals surface area contributed by atoms with E-state index in [-0.39, 0.29) is 29.2 Å². The molecule has 0 spiro atoms. The number of carbonyl (C=O) groups is 2. The number of nitrogens with zero attached hydrogens (tertiary/aromatic N) is 1. The molecular formula is C23H23NO9. The third-order valence-electron chi connectivity index (χ3n) is 4.54. The molecule has 0 amide bonds. The first kappa shape index (κ1) is 24.9. The van der Waals surface area contributed by atoms with Crippen molar-refractivity contribution in [3.8, 4) is 34.8 Å². The molecule has 1 unspecified atom stereocenters. The minimum Gasteiger partial charge on any atom is -0.504 e. The third kappa shape index (κ3) is 6.07. The van der Waals surface area contributed by atoms with E-state index < -0.39 is 29.4 Å². The van der Waals surface area contributed by atoms with Gasteiger partial charge in [0.05, 0.1) is 34.9 Å². The number of hydrogen-bond acceptors (Lipinski definition) is 10. The van der Waals surface area contributed by atoms with Gasteiger partial charge in [-0.1, -0.05) is 6.07 Å². The van der Waals surface area contributed by atoms with E-state index in [1.165, 1.54) is 64.8 Å². The zero-order valence-corrected chi connectivity index (χ0v) is 18.4. The molecule has 0 saturated carbocycles. The molecule has 0 aliphatic rings. The van der Waals surface area contributed by atoms with Crippen LogP contribution in [0.3, 0.4) is 0 Å². The summed E-state index contributed by atoms with van der Waals surface area (Å²) in [6.45, 7) is 0. The molecule has 0 radical (unpaired) electrons. The van der Waals surface area contributed by atoms with E-state index in [2.05, 4.69) is 0 Å². The van der Waals surface area contributed by atoms with Crippen molar-refractivity contribution in [1.29, 1.82) is 5.26 Å². The van der Waals surface area contributed by atoms with Crippen LogP contribution in [0.5, 0.6) is 28.7 Å². The molecule has 1 atom stereocenters. The average molecular weight is 457 g/mol. The molecule has 0 heterocycles. The Morgan fingerprint density at radius 3 is 2.12 bits per heavy atom. The predicted molar refractivity (Wildman–Crippen MR) is 115 cm³/mol. The highest BCUT2D eigenvalue weighted by atomic mass is 16.6. The van der Waals surface area contributed by atoms with E-state index >= 15 is 0 Å². The van der Waals surface area contributed by atoms with Crippen molar-refractivity contribution in [3.05, 3.63) is 47.0 Å². The van der Waals surface area contributed by atoms with E-state index in [0.29, 0.717) is 11.3 Å². The van der Waals surface area contributed by atoms with Gasteiger partial charge in [-0.2, -0.15) is 5.26 Å². The van der Waals surface area contributed by atoms with Crippen molar-refractivity contribution in [2.24, 2.45) is 0 Å². The maximum absolute atomic E-state index is 12.8. The molecule has 0 aliphatic carbocycles. The maximum Gasteiger partial charge on any atom is 0.349 e. The van der Waals surface area contributed by atoms with Gasteiger partial charge in [0, 0.05) is 5.56 Å². The Hall–Kier alpha value is -4.39. The molecule has 0 aromatic heterocycles. The van der Waals surface area contributed by atoms with Gasteiger partial charge in [-0.3, -0.25) is 4.79 Å². The summed E-state index contributed by atoms with van der Waals surface area (Å²) in [6, 6.07) is 8.52. The summed E-state index contributed by atoms with van der Waals surface area (Å²) in [5, 5.41) is 28.5. The molecule has 33 heavy (non-hydrogen) atoms. The lowest BCUT2D eigenvalue weighted by Crippen LogP contribution is -2.17. The topological polar surface area (TPSA) is 145 Å². The molecule has 0 bridgehead atoms. The van der Waals surface area contributed by atoms with Crippen LogP contribution < -0.4 is 14.2 Å². The summed E-state index contributed by atoms with van der Waals surface area (Å²) in [7, 11) is 5.43. The van der Waals surface area contributed by atoms with Gasteiger partial charge in [-0.05, 0) is 35.9 Å². The highest BCUT2D eigenvalue weighted by Gasteiger charge is 2.26. The van der Waals surface area contributed by atoms with E-state index in [1.54, 1.807) is 6.07 Å². The summed E-state index contributed by atoms with van der Waals surface area (Å²) in [5.74, 6) is -1.61. The van der Waals surface area contributed by atoms with Crippen LogP contribution >= 0.6 is 0 Å². The molecule has 2 aromatic carbocycles. The number of esters is 2. The number of aromatic hydroxyl groups is 2. The Morgan fingerprint density at radius 1 is 1.00 bits per heavy atom. The second-order valence-electron chi connectivity index (χ2n) is 6.55. The Kier molecular flexibility index (Phi) is 8.51. The summed E-state index contributed by atoms with van der Waals surface area (Å²) in [4.78, 5) is 24.7. The second-order valence-corrected chi connectivity index (χ2v) is 6.55. The van der Waals surface area contributed by atoms with Gasteiger partial charge in [0.2, 0.25) is 5.75 Å². The fourth-order valence-electron chi connectivity index (χ4n) is 2.88.